The Kier molecular flexibility index (Phi) is 7.40. The third-order valence-electron chi connectivity index (χ3n) is 3.65. The van der Waals surface area contributed by atoms with E-state index in [2.05, 4.69) is 39.4 Å². The average molecular weight is 394 g/mol. The van der Waals surface area contributed by atoms with Crippen molar-refractivity contribution >= 4 is 15.9 Å². The van der Waals surface area contributed by atoms with Gasteiger partial charge in [-0.3, -0.25) is 0 Å². The van der Waals surface area contributed by atoms with Gasteiger partial charge in [-0.15, -0.1) is 0 Å². The van der Waals surface area contributed by atoms with Crippen LogP contribution in [0.4, 0.5) is 0 Å². The molecule has 0 amide bonds. The van der Waals surface area contributed by atoms with Crippen LogP contribution in [0.25, 0.3) is 0 Å². The number of hydrogen-bond donors (Lipinski definition) is 1. The van der Waals surface area contributed by atoms with Crippen molar-refractivity contribution in [2.75, 3.05) is 27.4 Å². The summed E-state index contributed by atoms with van der Waals surface area (Å²) in [6.07, 6.45) is 0.972. The van der Waals surface area contributed by atoms with E-state index in [1.165, 1.54) is 5.56 Å². The van der Waals surface area contributed by atoms with E-state index < -0.39 is 0 Å². The van der Waals surface area contributed by atoms with Crippen LogP contribution in [0.15, 0.2) is 40.9 Å². The van der Waals surface area contributed by atoms with Gasteiger partial charge >= 0.3 is 0 Å². The molecule has 0 bridgehead atoms. The lowest BCUT2D eigenvalue weighted by Crippen LogP contribution is -2.16. The fourth-order valence-electron chi connectivity index (χ4n) is 2.44. The lowest BCUT2D eigenvalue weighted by molar-refractivity contribution is 0.309. The molecule has 2 rings (SSSR count). The third kappa shape index (κ3) is 5.14. The zero-order valence-corrected chi connectivity index (χ0v) is 16.0. The van der Waals surface area contributed by atoms with E-state index >= 15 is 0 Å². The van der Waals surface area contributed by atoms with Crippen LogP contribution in [0, 0.1) is 0 Å². The van der Waals surface area contributed by atoms with E-state index in [1.54, 1.807) is 14.2 Å². The molecule has 24 heavy (non-hydrogen) atoms. The Morgan fingerprint density at radius 2 is 1.75 bits per heavy atom. The van der Waals surface area contributed by atoms with E-state index in [0.29, 0.717) is 6.61 Å². The van der Waals surface area contributed by atoms with Gasteiger partial charge in [-0.2, -0.15) is 0 Å². The highest BCUT2D eigenvalue weighted by Gasteiger charge is 2.10. The molecule has 0 aliphatic rings. The largest absolute Gasteiger partial charge is 0.497 e. The van der Waals surface area contributed by atoms with Crippen LogP contribution in [0.3, 0.4) is 0 Å². The summed E-state index contributed by atoms with van der Waals surface area (Å²) in [5, 5.41) is 3.46. The van der Waals surface area contributed by atoms with Crippen molar-refractivity contribution in [1.82, 2.24) is 5.32 Å². The predicted molar refractivity (Wildman–Crippen MR) is 100 cm³/mol. The maximum Gasteiger partial charge on any atom is 0.174 e. The van der Waals surface area contributed by atoms with Gasteiger partial charge in [0.1, 0.15) is 5.75 Å². The minimum Gasteiger partial charge on any atom is -0.497 e. The predicted octanol–water partition coefficient (Wildman–Crippen LogP) is 4.20. The maximum atomic E-state index is 5.65. The molecular weight excluding hydrogens is 370 g/mol. The first-order valence-corrected chi connectivity index (χ1v) is 8.80. The molecule has 0 saturated carbocycles. The fraction of sp³-hybridized carbons (Fsp3) is 0.368. The number of hydrogen-bond acceptors (Lipinski definition) is 4. The highest BCUT2D eigenvalue weighted by atomic mass is 79.9. The van der Waals surface area contributed by atoms with Gasteiger partial charge in [-0.25, -0.2) is 0 Å². The summed E-state index contributed by atoms with van der Waals surface area (Å²) in [4.78, 5) is 0. The Labute approximate surface area is 152 Å². The van der Waals surface area contributed by atoms with Crippen LogP contribution >= 0.6 is 15.9 Å². The first-order valence-electron chi connectivity index (χ1n) is 8.00. The van der Waals surface area contributed by atoms with Crippen LogP contribution < -0.4 is 19.5 Å². The average Bonchev–Trinajstić information content (AvgIpc) is 2.59. The molecule has 0 atom stereocenters. The lowest BCUT2D eigenvalue weighted by Gasteiger charge is -2.13. The van der Waals surface area contributed by atoms with E-state index in [4.69, 9.17) is 14.2 Å². The van der Waals surface area contributed by atoms with Crippen LogP contribution in [0.2, 0.25) is 0 Å². The van der Waals surface area contributed by atoms with Gasteiger partial charge in [0.25, 0.3) is 0 Å². The summed E-state index contributed by atoms with van der Waals surface area (Å²) >= 11 is 3.54. The van der Waals surface area contributed by atoms with E-state index in [-0.39, 0.29) is 0 Å². The van der Waals surface area contributed by atoms with E-state index in [9.17, 15) is 0 Å². The van der Waals surface area contributed by atoms with Gasteiger partial charge in [-0.05, 0) is 71.2 Å². The second-order valence-corrected chi connectivity index (χ2v) is 6.17. The molecule has 0 spiro atoms. The topological polar surface area (TPSA) is 39.7 Å². The van der Waals surface area contributed by atoms with Crippen molar-refractivity contribution in [3.8, 4) is 17.2 Å². The summed E-state index contributed by atoms with van der Waals surface area (Å²) < 4.78 is 17.1. The molecule has 130 valence electrons. The minimum absolute atomic E-state index is 0.608. The molecule has 0 heterocycles. The summed E-state index contributed by atoms with van der Waals surface area (Å²) in [6.45, 7) is 4.25. The number of rotatable bonds is 9. The Hall–Kier alpha value is -1.72. The van der Waals surface area contributed by atoms with Gasteiger partial charge in [0, 0.05) is 6.54 Å². The van der Waals surface area contributed by atoms with Crippen molar-refractivity contribution in [1.29, 1.82) is 0 Å². The van der Waals surface area contributed by atoms with Crippen LogP contribution in [-0.4, -0.2) is 27.4 Å². The molecular formula is C19H24BrNO3. The van der Waals surface area contributed by atoms with Crippen molar-refractivity contribution in [2.24, 2.45) is 0 Å². The zero-order chi connectivity index (χ0) is 17.4. The quantitative estimate of drug-likeness (QED) is 0.648. The maximum absolute atomic E-state index is 5.65. The summed E-state index contributed by atoms with van der Waals surface area (Å²) in [6, 6.07) is 12.2. The van der Waals surface area contributed by atoms with Crippen LogP contribution in [0.5, 0.6) is 17.2 Å². The fourth-order valence-corrected chi connectivity index (χ4v) is 3.09. The molecule has 0 aromatic heterocycles. The molecule has 0 aliphatic carbocycles. The highest BCUT2D eigenvalue weighted by Crippen LogP contribution is 2.36. The molecule has 4 nitrogen and oxygen atoms in total. The monoisotopic (exact) mass is 393 g/mol. The van der Waals surface area contributed by atoms with Crippen LogP contribution in [0.1, 0.15) is 18.1 Å². The first kappa shape index (κ1) is 18.6. The van der Waals surface area contributed by atoms with Gasteiger partial charge in [-0.1, -0.05) is 12.1 Å². The van der Waals surface area contributed by atoms with Crippen LogP contribution in [-0.2, 0) is 13.0 Å². The summed E-state index contributed by atoms with van der Waals surface area (Å²) in [5.41, 5.74) is 2.44. The van der Waals surface area contributed by atoms with Crippen molar-refractivity contribution < 1.29 is 14.2 Å². The Morgan fingerprint density at radius 3 is 2.38 bits per heavy atom. The standard InChI is InChI=1S/C19H24BrNO3/c1-4-24-18-12-15(11-17(20)19(18)23-3)13-21-10-9-14-5-7-16(22-2)8-6-14/h5-8,11-12,21H,4,9-10,13H2,1-3H3. The number of benzene rings is 2. The Bertz CT molecular complexity index is 644. The van der Waals surface area contributed by atoms with Crippen molar-refractivity contribution in [3.63, 3.8) is 0 Å². The summed E-state index contributed by atoms with van der Waals surface area (Å²) in [5.74, 6) is 2.39. The smallest absolute Gasteiger partial charge is 0.174 e. The van der Waals surface area contributed by atoms with Gasteiger partial charge < -0.3 is 19.5 Å². The molecule has 2 aromatic rings. The number of methoxy groups -OCH3 is 2. The molecule has 0 radical (unpaired) electrons. The number of halogens is 1. The molecule has 0 unspecified atom stereocenters. The first-order chi connectivity index (χ1) is 11.7. The van der Waals surface area contributed by atoms with E-state index in [0.717, 1.165) is 46.8 Å². The zero-order valence-electron chi connectivity index (χ0n) is 14.4. The molecule has 0 aliphatic heterocycles. The normalized spacial score (nSPS) is 10.5. The van der Waals surface area contributed by atoms with Crippen molar-refractivity contribution in [3.05, 3.63) is 52.0 Å². The SMILES string of the molecule is CCOc1cc(CNCCc2ccc(OC)cc2)cc(Br)c1OC. The van der Waals surface area contributed by atoms with Gasteiger partial charge in [0.15, 0.2) is 11.5 Å². The lowest BCUT2D eigenvalue weighted by atomic mass is 10.1. The number of ether oxygens (including phenoxy) is 3. The Balaban J connectivity index is 1.89. The number of nitrogens with one attached hydrogen (secondary N) is 1. The minimum atomic E-state index is 0.608. The van der Waals surface area contributed by atoms with Gasteiger partial charge in [0.05, 0.1) is 25.3 Å². The Morgan fingerprint density at radius 1 is 1.00 bits per heavy atom. The molecule has 0 fully saturated rings. The van der Waals surface area contributed by atoms with Gasteiger partial charge in [0.2, 0.25) is 0 Å². The molecule has 5 heteroatoms. The summed E-state index contributed by atoms with van der Waals surface area (Å²) in [7, 11) is 3.33. The molecule has 2 aromatic carbocycles. The second kappa shape index (κ2) is 9.55. The van der Waals surface area contributed by atoms with Crippen molar-refractivity contribution in [2.45, 2.75) is 19.9 Å². The van der Waals surface area contributed by atoms with E-state index in [1.807, 2.05) is 25.1 Å². The molecule has 1 N–H and O–H groups in total. The highest BCUT2D eigenvalue weighted by molar-refractivity contribution is 9.10. The third-order valence-corrected chi connectivity index (χ3v) is 4.24. The molecule has 0 saturated heterocycles. The second-order valence-electron chi connectivity index (χ2n) is 5.32.